The van der Waals surface area contributed by atoms with E-state index in [9.17, 15) is 19.5 Å². The van der Waals surface area contributed by atoms with Crippen LogP contribution in [0.3, 0.4) is 0 Å². The molecular formula is C23H20ClN5O6. The summed E-state index contributed by atoms with van der Waals surface area (Å²) in [6, 6.07) is 13.4. The van der Waals surface area contributed by atoms with E-state index in [1.165, 1.54) is 24.0 Å². The van der Waals surface area contributed by atoms with Crippen LogP contribution in [0.25, 0.3) is 0 Å². The summed E-state index contributed by atoms with van der Waals surface area (Å²) in [6.07, 6.45) is 2.93. The fourth-order valence-corrected chi connectivity index (χ4v) is 3.27. The van der Waals surface area contributed by atoms with Gasteiger partial charge in [-0.15, -0.1) is 0 Å². The van der Waals surface area contributed by atoms with Crippen LogP contribution >= 0.6 is 11.6 Å². The molecule has 4 aromatic rings. The lowest BCUT2D eigenvalue weighted by Crippen LogP contribution is -2.44. The monoisotopic (exact) mass is 497 g/mol. The summed E-state index contributed by atoms with van der Waals surface area (Å²) in [7, 11) is 0. The van der Waals surface area contributed by atoms with Crippen LogP contribution in [-0.2, 0) is 17.9 Å². The second-order valence-corrected chi connectivity index (χ2v) is 8.05. The Hall–Kier alpha value is -4.38. The molecule has 2 aromatic carbocycles. The van der Waals surface area contributed by atoms with Gasteiger partial charge in [0.05, 0.1) is 18.7 Å². The largest absolute Gasteiger partial charge is 0.481 e. The number of carboxylic acid groups (broad SMARTS) is 1. The second-order valence-electron chi connectivity index (χ2n) is 7.61. The van der Waals surface area contributed by atoms with Crippen molar-refractivity contribution in [2.24, 2.45) is 5.92 Å². The number of benzene rings is 2. The first-order valence-corrected chi connectivity index (χ1v) is 10.8. The highest BCUT2D eigenvalue weighted by Gasteiger charge is 2.19. The lowest BCUT2D eigenvalue weighted by Gasteiger charge is -2.16. The van der Waals surface area contributed by atoms with Gasteiger partial charge in [-0.3, -0.25) is 9.36 Å². The number of oxazole rings is 1. The highest BCUT2D eigenvalue weighted by molar-refractivity contribution is 6.30. The molecule has 35 heavy (non-hydrogen) atoms. The first-order valence-electron chi connectivity index (χ1n) is 10.4. The molecule has 11 nitrogen and oxygen atoms in total. The zero-order valence-electron chi connectivity index (χ0n) is 18.4. The molecular weight excluding hydrogens is 478 g/mol. The van der Waals surface area contributed by atoms with Crippen molar-refractivity contribution >= 4 is 29.2 Å². The summed E-state index contributed by atoms with van der Waals surface area (Å²) in [6.45, 7) is 1.16. The highest BCUT2D eigenvalue weighted by atomic mass is 35.5. The summed E-state index contributed by atoms with van der Waals surface area (Å²) in [4.78, 5) is 45.1. The van der Waals surface area contributed by atoms with Crippen molar-refractivity contribution in [1.82, 2.24) is 19.1 Å². The van der Waals surface area contributed by atoms with E-state index in [1.807, 2.05) is 0 Å². The number of halogens is 1. The van der Waals surface area contributed by atoms with Gasteiger partial charge in [0.15, 0.2) is 0 Å². The highest BCUT2D eigenvalue weighted by Crippen LogP contribution is 2.23. The number of nitrogens with one attached hydrogen (secondary N) is 1. The van der Waals surface area contributed by atoms with Gasteiger partial charge in [-0.1, -0.05) is 30.7 Å². The fourth-order valence-electron chi connectivity index (χ4n) is 3.14. The number of anilines is 2. The summed E-state index contributed by atoms with van der Waals surface area (Å²) >= 11 is 5.96. The number of aliphatic carboxylic acids is 1. The standard InChI is InChI=1S/C23H20ClN5O6/c1-14(19(30)31)12-29-21(32)27-20(28(23(29)33)13-15-2-4-16(24)5-3-15)26-17-6-8-18(9-7-17)35-22-25-10-11-34-22/h2-11,14H,12-13H2,1H3,(H,30,31)(H,26,27,32)/t14-/m0/s1. The first-order chi connectivity index (χ1) is 16.8. The molecule has 0 saturated heterocycles. The maximum Gasteiger partial charge on any atom is 0.399 e. The fraction of sp³-hybridized carbons (Fsp3) is 0.174. The Morgan fingerprint density at radius 1 is 1.14 bits per heavy atom. The molecule has 0 bridgehead atoms. The van der Waals surface area contributed by atoms with E-state index in [-0.39, 0.29) is 25.1 Å². The van der Waals surface area contributed by atoms with Gasteiger partial charge in [-0.05, 0) is 42.0 Å². The number of hydrogen-bond acceptors (Lipinski definition) is 8. The molecule has 0 amide bonds. The molecule has 0 aliphatic rings. The van der Waals surface area contributed by atoms with Gasteiger partial charge in [-0.25, -0.2) is 14.2 Å². The maximum absolute atomic E-state index is 13.3. The molecule has 0 radical (unpaired) electrons. The van der Waals surface area contributed by atoms with Crippen molar-refractivity contribution in [1.29, 1.82) is 0 Å². The van der Waals surface area contributed by atoms with Crippen LogP contribution in [-0.4, -0.2) is 30.2 Å². The topological polar surface area (TPSA) is 141 Å². The van der Waals surface area contributed by atoms with Crippen molar-refractivity contribution in [2.75, 3.05) is 5.32 Å². The average molecular weight is 498 g/mol. The van der Waals surface area contributed by atoms with Crippen LogP contribution in [0.1, 0.15) is 12.5 Å². The summed E-state index contributed by atoms with van der Waals surface area (Å²) in [5, 5.41) is 12.7. The quantitative estimate of drug-likeness (QED) is 0.356. The van der Waals surface area contributed by atoms with E-state index in [1.54, 1.807) is 48.5 Å². The van der Waals surface area contributed by atoms with Crippen molar-refractivity contribution in [3.8, 4) is 11.8 Å². The number of hydrogen-bond donors (Lipinski definition) is 2. The van der Waals surface area contributed by atoms with Crippen LogP contribution in [0.15, 0.2) is 75.0 Å². The minimum absolute atomic E-state index is 0.00412. The van der Waals surface area contributed by atoms with Gasteiger partial charge in [0, 0.05) is 17.3 Å². The molecule has 2 N–H and O–H groups in total. The molecule has 0 fully saturated rings. The third-order valence-electron chi connectivity index (χ3n) is 5.01. The molecule has 0 aliphatic carbocycles. The zero-order valence-corrected chi connectivity index (χ0v) is 19.2. The van der Waals surface area contributed by atoms with Crippen molar-refractivity contribution < 1.29 is 19.1 Å². The molecule has 0 unspecified atom stereocenters. The Bertz CT molecular complexity index is 1430. The molecule has 0 saturated carbocycles. The Morgan fingerprint density at radius 2 is 1.86 bits per heavy atom. The maximum atomic E-state index is 13.3. The minimum Gasteiger partial charge on any atom is -0.481 e. The lowest BCUT2D eigenvalue weighted by atomic mass is 10.2. The summed E-state index contributed by atoms with van der Waals surface area (Å²) in [5.74, 6) is -1.63. The number of rotatable bonds is 9. The molecule has 0 spiro atoms. The SMILES string of the molecule is C[C@@H](Cn1c(=O)nc(Nc2ccc(Oc3ncco3)cc2)n(Cc2ccc(Cl)cc2)c1=O)C(=O)O. The molecule has 4 rings (SSSR count). The number of nitrogens with zero attached hydrogens (tertiary/aromatic N) is 4. The van der Waals surface area contributed by atoms with Crippen LogP contribution in [0.5, 0.6) is 11.8 Å². The van der Waals surface area contributed by atoms with Crippen molar-refractivity contribution in [2.45, 2.75) is 20.0 Å². The first kappa shape index (κ1) is 23.8. The smallest absolute Gasteiger partial charge is 0.399 e. The number of carboxylic acids is 1. The summed E-state index contributed by atoms with van der Waals surface area (Å²) in [5.41, 5.74) is -0.300. The van der Waals surface area contributed by atoms with E-state index >= 15 is 0 Å². The molecule has 2 aromatic heterocycles. The van der Waals surface area contributed by atoms with Crippen LogP contribution in [0.4, 0.5) is 11.6 Å². The Morgan fingerprint density at radius 3 is 2.49 bits per heavy atom. The van der Waals surface area contributed by atoms with Crippen molar-refractivity contribution in [3.05, 3.63) is 92.5 Å². The van der Waals surface area contributed by atoms with Crippen LogP contribution in [0, 0.1) is 5.92 Å². The van der Waals surface area contributed by atoms with Gasteiger partial charge in [-0.2, -0.15) is 9.97 Å². The Balaban J connectivity index is 1.67. The predicted molar refractivity (Wildman–Crippen MR) is 126 cm³/mol. The third kappa shape index (κ3) is 5.76. The van der Waals surface area contributed by atoms with Crippen molar-refractivity contribution in [3.63, 3.8) is 0 Å². The van der Waals surface area contributed by atoms with Gasteiger partial charge in [0.1, 0.15) is 12.0 Å². The normalized spacial score (nSPS) is 11.7. The number of aromatic nitrogens is 4. The van der Waals surface area contributed by atoms with E-state index in [4.69, 9.17) is 20.8 Å². The van der Waals surface area contributed by atoms with E-state index < -0.39 is 23.3 Å². The minimum atomic E-state index is -1.13. The molecule has 0 aliphatic heterocycles. The molecule has 180 valence electrons. The molecule has 12 heteroatoms. The summed E-state index contributed by atoms with van der Waals surface area (Å²) < 4.78 is 12.6. The van der Waals surface area contributed by atoms with Gasteiger partial charge in [0.25, 0.3) is 0 Å². The van der Waals surface area contributed by atoms with E-state index in [2.05, 4.69) is 15.3 Å². The van der Waals surface area contributed by atoms with E-state index in [0.29, 0.717) is 16.5 Å². The van der Waals surface area contributed by atoms with Gasteiger partial charge in [0.2, 0.25) is 5.95 Å². The van der Waals surface area contributed by atoms with Crippen LogP contribution in [0.2, 0.25) is 5.02 Å². The van der Waals surface area contributed by atoms with Crippen LogP contribution < -0.4 is 21.4 Å². The second kappa shape index (κ2) is 10.3. The number of ether oxygens (including phenoxy) is 1. The molecule has 1 atom stereocenters. The van der Waals surface area contributed by atoms with E-state index in [0.717, 1.165) is 10.1 Å². The average Bonchev–Trinajstić information content (AvgIpc) is 3.34. The third-order valence-corrected chi connectivity index (χ3v) is 5.26. The Kier molecular flexibility index (Phi) is 6.97. The molecule has 2 heterocycles. The van der Waals surface area contributed by atoms with Gasteiger partial charge < -0.3 is 19.6 Å². The lowest BCUT2D eigenvalue weighted by molar-refractivity contribution is -0.141. The van der Waals surface area contributed by atoms with Gasteiger partial charge >= 0.3 is 23.4 Å². The predicted octanol–water partition coefficient (Wildman–Crippen LogP) is 3.35. The zero-order chi connectivity index (χ0) is 24.9. The number of carbonyl (C=O) groups is 1. The Labute approximate surface area is 203 Å².